The zero-order valence-corrected chi connectivity index (χ0v) is 20.5. The number of nitrogens with one attached hydrogen (secondary N) is 2. The molecule has 0 unspecified atom stereocenters. The van der Waals surface area contributed by atoms with Crippen LogP contribution in [0.2, 0.25) is 0 Å². The van der Waals surface area contributed by atoms with Crippen LogP contribution >= 0.6 is 0 Å². The Morgan fingerprint density at radius 3 is 2.75 bits per heavy atom. The number of ether oxygens (including phenoxy) is 1. The summed E-state index contributed by atoms with van der Waals surface area (Å²) in [6.07, 6.45) is 12.5. The summed E-state index contributed by atoms with van der Waals surface area (Å²) in [6.45, 7) is 4.10. The standard InChI is InChI=1S/C28H30N4O4/c1-26(2)7-5-18(6-8-26)22-11-19(20-12-27(16-33)9-10-28(13-20,17-34)36-27)3-4-23(22)32-25(35)24-30-15-21(14-29)31-24/h3-5,9-12,15,33-34H,6-8,13,16-17H2,1-2H3,(H,30,31)(H,32,35)/t27-,28-/m0/s1. The molecule has 1 aromatic heterocycles. The lowest BCUT2D eigenvalue weighted by Crippen LogP contribution is -2.44. The monoisotopic (exact) mass is 486 g/mol. The van der Waals surface area contributed by atoms with Crippen molar-refractivity contribution in [3.05, 3.63) is 71.3 Å². The Labute approximate surface area is 210 Å². The van der Waals surface area contributed by atoms with Crippen molar-refractivity contribution in [2.45, 2.75) is 50.7 Å². The predicted octanol–water partition coefficient (Wildman–Crippen LogP) is 3.96. The van der Waals surface area contributed by atoms with Crippen molar-refractivity contribution in [1.82, 2.24) is 9.97 Å². The molecule has 0 saturated heterocycles. The molecule has 4 N–H and O–H groups in total. The van der Waals surface area contributed by atoms with Gasteiger partial charge in [-0.3, -0.25) is 4.79 Å². The number of fused-ring (bicyclic) bond motifs is 2. The van der Waals surface area contributed by atoms with Crippen LogP contribution in [0.4, 0.5) is 5.69 Å². The Bertz CT molecular complexity index is 1350. The number of aromatic amines is 1. The second-order valence-electron chi connectivity index (χ2n) is 10.7. The van der Waals surface area contributed by atoms with Crippen LogP contribution in [0.1, 0.15) is 67.0 Å². The maximum atomic E-state index is 12.9. The van der Waals surface area contributed by atoms with Crippen molar-refractivity contribution in [2.24, 2.45) is 5.41 Å². The quantitative estimate of drug-likeness (QED) is 0.457. The second kappa shape index (κ2) is 8.86. The average Bonchev–Trinajstić information content (AvgIpc) is 3.47. The molecule has 1 aromatic carbocycles. The van der Waals surface area contributed by atoms with Crippen molar-refractivity contribution < 1.29 is 19.7 Å². The van der Waals surface area contributed by atoms with Crippen molar-refractivity contribution >= 4 is 22.7 Å². The molecule has 8 nitrogen and oxygen atoms in total. The van der Waals surface area contributed by atoms with Crippen molar-refractivity contribution in [1.29, 1.82) is 5.26 Å². The third-order valence-electron chi connectivity index (χ3n) is 7.35. The van der Waals surface area contributed by atoms with Crippen LogP contribution in [-0.4, -0.2) is 50.5 Å². The Kier molecular flexibility index (Phi) is 5.95. The third-order valence-corrected chi connectivity index (χ3v) is 7.35. The summed E-state index contributed by atoms with van der Waals surface area (Å²) in [5.41, 5.74) is 3.29. The van der Waals surface area contributed by atoms with Crippen LogP contribution in [0.5, 0.6) is 0 Å². The fraction of sp³-hybridized carbons (Fsp3) is 0.393. The van der Waals surface area contributed by atoms with Gasteiger partial charge in [-0.05, 0) is 65.7 Å². The number of imidazole rings is 1. The highest BCUT2D eigenvalue weighted by atomic mass is 16.5. The van der Waals surface area contributed by atoms with Gasteiger partial charge in [-0.1, -0.05) is 32.1 Å². The second-order valence-corrected chi connectivity index (χ2v) is 10.7. The number of hydrogen-bond acceptors (Lipinski definition) is 6. The number of benzene rings is 1. The molecule has 2 aliphatic heterocycles. The van der Waals surface area contributed by atoms with E-state index in [2.05, 4.69) is 41.3 Å². The van der Waals surface area contributed by atoms with Gasteiger partial charge in [-0.25, -0.2) is 4.98 Å². The van der Waals surface area contributed by atoms with Gasteiger partial charge in [0.05, 0.1) is 19.4 Å². The molecule has 0 radical (unpaired) electrons. The van der Waals surface area contributed by atoms with Crippen LogP contribution in [0.25, 0.3) is 11.1 Å². The molecule has 1 aliphatic carbocycles. The number of nitriles is 1. The first-order valence-electron chi connectivity index (χ1n) is 12.1. The molecule has 1 amide bonds. The molecule has 0 spiro atoms. The van der Waals surface area contributed by atoms with Gasteiger partial charge in [-0.15, -0.1) is 0 Å². The van der Waals surface area contributed by atoms with Crippen LogP contribution < -0.4 is 5.32 Å². The fourth-order valence-electron chi connectivity index (χ4n) is 5.15. The minimum atomic E-state index is -0.949. The summed E-state index contributed by atoms with van der Waals surface area (Å²) in [4.78, 5) is 19.6. The van der Waals surface area contributed by atoms with E-state index in [9.17, 15) is 15.0 Å². The van der Waals surface area contributed by atoms with Gasteiger partial charge >= 0.3 is 0 Å². The largest absolute Gasteiger partial charge is 0.393 e. The van der Waals surface area contributed by atoms with Gasteiger partial charge < -0.3 is 25.3 Å². The average molecular weight is 487 g/mol. The van der Waals surface area contributed by atoms with E-state index < -0.39 is 17.1 Å². The molecule has 2 aromatic rings. The lowest BCUT2D eigenvalue weighted by Gasteiger charge is -2.38. The van der Waals surface area contributed by atoms with Gasteiger partial charge in [0.1, 0.15) is 23.0 Å². The zero-order chi connectivity index (χ0) is 25.6. The number of aliphatic hydroxyl groups excluding tert-OH is 2. The number of hydrogen-bond donors (Lipinski definition) is 4. The van der Waals surface area contributed by atoms with E-state index in [-0.39, 0.29) is 30.1 Å². The minimum Gasteiger partial charge on any atom is -0.393 e. The SMILES string of the molecule is CC1(C)CC=C(c2cc(C3=C[C@]4(CO)C=C[C@@](CO)(C3)O4)ccc2NC(=O)c2ncc(C#N)[nH]2)CC1. The summed E-state index contributed by atoms with van der Waals surface area (Å²) in [5.74, 6) is -0.349. The molecule has 2 atom stereocenters. The number of anilines is 1. The number of aromatic nitrogens is 2. The number of H-pyrrole nitrogens is 1. The topological polar surface area (TPSA) is 131 Å². The molecule has 3 aliphatic rings. The number of nitrogens with zero attached hydrogens (tertiary/aromatic N) is 2. The molecule has 8 heteroatoms. The van der Waals surface area contributed by atoms with Gasteiger partial charge in [0.25, 0.3) is 5.91 Å². The summed E-state index contributed by atoms with van der Waals surface area (Å²) < 4.78 is 6.04. The Balaban J connectivity index is 1.53. The van der Waals surface area contributed by atoms with Crippen LogP contribution in [0.3, 0.4) is 0 Å². The molecular formula is C28H30N4O4. The maximum absolute atomic E-state index is 12.9. The number of amides is 1. The Hall–Kier alpha value is -3.51. The summed E-state index contributed by atoms with van der Waals surface area (Å²) in [7, 11) is 0. The van der Waals surface area contributed by atoms with E-state index in [1.54, 1.807) is 0 Å². The lowest BCUT2D eigenvalue weighted by atomic mass is 9.76. The minimum absolute atomic E-state index is 0.0740. The molecule has 186 valence electrons. The van der Waals surface area contributed by atoms with E-state index >= 15 is 0 Å². The highest BCUT2D eigenvalue weighted by molar-refractivity contribution is 6.03. The van der Waals surface area contributed by atoms with Crippen molar-refractivity contribution in [2.75, 3.05) is 18.5 Å². The Morgan fingerprint density at radius 2 is 2.08 bits per heavy atom. The van der Waals surface area contributed by atoms with Gasteiger partial charge in [-0.2, -0.15) is 5.26 Å². The summed E-state index contributed by atoms with van der Waals surface area (Å²) in [6, 6.07) is 7.82. The maximum Gasteiger partial charge on any atom is 0.291 e. The van der Waals surface area contributed by atoms with E-state index in [1.165, 1.54) is 6.20 Å². The molecule has 2 bridgehead atoms. The van der Waals surface area contributed by atoms with E-state index in [0.29, 0.717) is 12.1 Å². The van der Waals surface area contributed by atoms with E-state index in [1.807, 2.05) is 36.4 Å². The molecule has 5 rings (SSSR count). The van der Waals surface area contributed by atoms with Crippen molar-refractivity contribution in [3.8, 4) is 6.07 Å². The first-order valence-corrected chi connectivity index (χ1v) is 12.1. The van der Waals surface area contributed by atoms with Crippen LogP contribution in [0, 0.1) is 16.7 Å². The summed E-state index contributed by atoms with van der Waals surface area (Å²) >= 11 is 0. The van der Waals surface area contributed by atoms with Gasteiger partial charge in [0.2, 0.25) is 0 Å². The molecule has 0 fully saturated rings. The highest BCUT2D eigenvalue weighted by Crippen LogP contribution is 2.46. The first kappa shape index (κ1) is 24.2. The smallest absolute Gasteiger partial charge is 0.291 e. The number of carbonyl (C=O) groups is 1. The molecule has 0 saturated carbocycles. The first-order chi connectivity index (χ1) is 17.2. The lowest BCUT2D eigenvalue weighted by molar-refractivity contribution is -0.109. The summed E-state index contributed by atoms with van der Waals surface area (Å²) in [5, 5.41) is 32.1. The normalized spacial score (nSPS) is 26.2. The Morgan fingerprint density at radius 1 is 1.25 bits per heavy atom. The molecule has 36 heavy (non-hydrogen) atoms. The third kappa shape index (κ3) is 4.42. The fourth-order valence-corrected chi connectivity index (χ4v) is 5.15. The molecular weight excluding hydrogens is 456 g/mol. The number of allylic oxidation sites excluding steroid dienone is 2. The highest BCUT2D eigenvalue weighted by Gasteiger charge is 2.47. The number of rotatable bonds is 6. The predicted molar refractivity (Wildman–Crippen MR) is 136 cm³/mol. The number of aliphatic hydroxyl groups is 2. The zero-order valence-electron chi connectivity index (χ0n) is 20.5. The van der Waals surface area contributed by atoms with Crippen LogP contribution in [-0.2, 0) is 4.74 Å². The van der Waals surface area contributed by atoms with Gasteiger partial charge in [0.15, 0.2) is 5.82 Å². The van der Waals surface area contributed by atoms with E-state index in [4.69, 9.17) is 10.00 Å². The van der Waals surface area contributed by atoms with Crippen LogP contribution in [0.15, 0.2) is 48.7 Å². The van der Waals surface area contributed by atoms with Crippen molar-refractivity contribution in [3.63, 3.8) is 0 Å². The number of carbonyl (C=O) groups excluding carboxylic acids is 1. The van der Waals surface area contributed by atoms with Gasteiger partial charge in [0, 0.05) is 17.7 Å². The molecule has 3 heterocycles. The van der Waals surface area contributed by atoms with E-state index in [0.717, 1.165) is 41.5 Å².